The molecule has 53 heavy (non-hydrogen) atoms. The Kier molecular flexibility index (Phi) is 32.6. The third kappa shape index (κ3) is 25.1. The van der Waals surface area contributed by atoms with Crippen molar-refractivity contribution in [3.8, 4) is 0 Å². The number of hydrogen-bond donors (Lipinski definition) is 7. The summed E-state index contributed by atoms with van der Waals surface area (Å²) in [5.41, 5.74) is 0. The molecule has 1 heterocycles. The lowest BCUT2D eigenvalue weighted by Gasteiger charge is -2.40. The molecule has 0 radical (unpaired) electrons. The van der Waals surface area contributed by atoms with Crippen molar-refractivity contribution in [1.82, 2.24) is 5.32 Å². The van der Waals surface area contributed by atoms with Gasteiger partial charge in [-0.1, -0.05) is 187 Å². The standard InChI is InChI=1S/C43H85NO9/c1-3-5-7-9-11-13-15-17-18-19-20-22-24-26-28-30-32-38(47)44-35(34-52-43-42(51)41(50)40(49)37(33-45)53-43)39(48)36(46)31-29-27-25-23-21-16-14-12-10-8-6-4-2/h35-37,39-43,45-46,48-51H,3-34H2,1-2H3,(H,44,47)/t35-,36+,37+,39-,40-,41?,42?,43+/m0/s1. The largest absolute Gasteiger partial charge is 0.394 e. The van der Waals surface area contributed by atoms with E-state index in [0.717, 1.165) is 38.5 Å². The van der Waals surface area contributed by atoms with Crippen molar-refractivity contribution in [2.75, 3.05) is 13.2 Å². The highest BCUT2D eigenvalue weighted by atomic mass is 16.7. The molecule has 2 unspecified atom stereocenters. The molecule has 1 saturated heterocycles. The van der Waals surface area contributed by atoms with Gasteiger partial charge >= 0.3 is 0 Å². The lowest BCUT2D eigenvalue weighted by atomic mass is 9.98. The first-order chi connectivity index (χ1) is 25.8. The van der Waals surface area contributed by atoms with Crippen molar-refractivity contribution in [2.24, 2.45) is 0 Å². The van der Waals surface area contributed by atoms with Gasteiger partial charge in [0, 0.05) is 6.42 Å². The van der Waals surface area contributed by atoms with Crippen LogP contribution in [-0.2, 0) is 14.3 Å². The number of carbonyl (C=O) groups excluding carboxylic acids is 1. The summed E-state index contributed by atoms with van der Waals surface area (Å²) in [5, 5.41) is 65.0. The highest BCUT2D eigenvalue weighted by Gasteiger charge is 2.44. The summed E-state index contributed by atoms with van der Waals surface area (Å²) in [6, 6.07) is -0.983. The molecule has 0 aromatic heterocycles. The van der Waals surface area contributed by atoms with Crippen molar-refractivity contribution < 1.29 is 44.9 Å². The smallest absolute Gasteiger partial charge is 0.220 e. The van der Waals surface area contributed by atoms with E-state index in [9.17, 15) is 35.4 Å². The van der Waals surface area contributed by atoms with E-state index in [2.05, 4.69) is 19.2 Å². The Morgan fingerprint density at radius 1 is 0.585 bits per heavy atom. The van der Waals surface area contributed by atoms with Crippen molar-refractivity contribution >= 4 is 5.91 Å². The van der Waals surface area contributed by atoms with Gasteiger partial charge in [-0.05, 0) is 12.8 Å². The summed E-state index contributed by atoms with van der Waals surface area (Å²) >= 11 is 0. The zero-order valence-electron chi connectivity index (χ0n) is 34.2. The average molecular weight is 760 g/mol. The molecule has 0 aliphatic carbocycles. The predicted octanol–water partition coefficient (Wildman–Crippen LogP) is 7.75. The number of rotatable bonds is 37. The molecule has 7 N–H and O–H groups in total. The molecule has 1 aliphatic heterocycles. The molecule has 1 aliphatic rings. The topological polar surface area (TPSA) is 169 Å². The van der Waals surface area contributed by atoms with Crippen LogP contribution in [0, 0.1) is 0 Å². The first kappa shape index (κ1) is 50.2. The molecular weight excluding hydrogens is 674 g/mol. The normalized spacial score (nSPS) is 22.2. The monoisotopic (exact) mass is 760 g/mol. The van der Waals surface area contributed by atoms with Gasteiger partial charge in [0.25, 0.3) is 0 Å². The molecule has 1 fully saturated rings. The first-order valence-electron chi connectivity index (χ1n) is 22.3. The SMILES string of the molecule is CCCCCCCCCCCCCCCCCCC(=O)N[C@@H](CO[C@@H]1O[C@H](CO)[C@H](O)C(O)C1O)[C@H](O)[C@H](O)CCCCCCCCCCCCCC. The Bertz CT molecular complexity index is 819. The number of ether oxygens (including phenoxy) is 2. The summed E-state index contributed by atoms with van der Waals surface area (Å²) in [7, 11) is 0. The van der Waals surface area contributed by atoms with Crippen LogP contribution >= 0.6 is 0 Å². The minimum atomic E-state index is -1.60. The zero-order valence-corrected chi connectivity index (χ0v) is 34.2. The lowest BCUT2D eigenvalue weighted by molar-refractivity contribution is -0.303. The van der Waals surface area contributed by atoms with Crippen LogP contribution in [0.25, 0.3) is 0 Å². The molecule has 0 aromatic rings. The molecule has 316 valence electrons. The fourth-order valence-electron chi connectivity index (χ4n) is 7.38. The zero-order chi connectivity index (χ0) is 38.9. The lowest BCUT2D eigenvalue weighted by Crippen LogP contribution is -2.60. The molecule has 10 nitrogen and oxygen atoms in total. The van der Waals surface area contributed by atoms with E-state index >= 15 is 0 Å². The van der Waals surface area contributed by atoms with Crippen molar-refractivity contribution in [1.29, 1.82) is 0 Å². The van der Waals surface area contributed by atoms with Gasteiger partial charge in [0.2, 0.25) is 5.91 Å². The van der Waals surface area contributed by atoms with Gasteiger partial charge in [0.15, 0.2) is 6.29 Å². The number of nitrogens with one attached hydrogen (secondary N) is 1. The molecule has 0 aromatic carbocycles. The van der Waals surface area contributed by atoms with Crippen LogP contribution in [0.2, 0.25) is 0 Å². The number of amides is 1. The van der Waals surface area contributed by atoms with Gasteiger partial charge in [-0.25, -0.2) is 0 Å². The Hall–Kier alpha value is -0.850. The van der Waals surface area contributed by atoms with Crippen molar-refractivity contribution in [2.45, 2.75) is 255 Å². The van der Waals surface area contributed by atoms with Gasteiger partial charge in [-0.2, -0.15) is 0 Å². The Morgan fingerprint density at radius 2 is 0.981 bits per heavy atom. The van der Waals surface area contributed by atoms with E-state index < -0.39 is 55.6 Å². The summed E-state index contributed by atoms with van der Waals surface area (Å²) in [6.45, 7) is 3.60. The van der Waals surface area contributed by atoms with Gasteiger partial charge < -0.3 is 45.4 Å². The van der Waals surface area contributed by atoms with E-state index in [0.29, 0.717) is 6.42 Å². The third-order valence-electron chi connectivity index (χ3n) is 11.1. The molecule has 1 rings (SSSR count). The van der Waals surface area contributed by atoms with Crippen molar-refractivity contribution in [3.63, 3.8) is 0 Å². The number of aliphatic hydroxyl groups is 6. The predicted molar refractivity (Wildman–Crippen MR) is 214 cm³/mol. The summed E-state index contributed by atoms with van der Waals surface area (Å²) in [5.74, 6) is -0.255. The maximum atomic E-state index is 13.0. The second-order valence-corrected chi connectivity index (χ2v) is 16.0. The molecule has 8 atom stereocenters. The maximum absolute atomic E-state index is 13.0. The van der Waals surface area contributed by atoms with E-state index in [-0.39, 0.29) is 18.9 Å². The highest BCUT2D eigenvalue weighted by molar-refractivity contribution is 5.76. The van der Waals surface area contributed by atoms with Crippen LogP contribution < -0.4 is 5.32 Å². The van der Waals surface area contributed by atoms with E-state index in [1.807, 2.05) is 0 Å². The Morgan fingerprint density at radius 3 is 1.40 bits per heavy atom. The molecule has 0 bridgehead atoms. The van der Waals surface area contributed by atoms with E-state index in [1.54, 1.807) is 0 Å². The summed E-state index contributed by atoms with van der Waals surface area (Å²) < 4.78 is 11.1. The van der Waals surface area contributed by atoms with Crippen molar-refractivity contribution in [3.05, 3.63) is 0 Å². The molecular formula is C43H85NO9. The van der Waals surface area contributed by atoms with Crippen LogP contribution in [0.1, 0.15) is 206 Å². The second kappa shape index (κ2) is 34.4. The fourth-order valence-corrected chi connectivity index (χ4v) is 7.38. The summed E-state index contributed by atoms with van der Waals surface area (Å²) in [4.78, 5) is 13.0. The van der Waals surface area contributed by atoms with E-state index in [1.165, 1.54) is 141 Å². The molecule has 1 amide bonds. The molecule has 0 spiro atoms. The molecule has 0 saturated carbocycles. The average Bonchev–Trinajstić information content (AvgIpc) is 3.16. The van der Waals surface area contributed by atoms with Crippen LogP contribution in [-0.4, -0.2) is 98.7 Å². The highest BCUT2D eigenvalue weighted by Crippen LogP contribution is 2.23. The quantitative estimate of drug-likeness (QED) is 0.0313. The van der Waals surface area contributed by atoms with Crippen LogP contribution in [0.15, 0.2) is 0 Å². The van der Waals surface area contributed by atoms with Crippen LogP contribution in [0.5, 0.6) is 0 Å². The number of aliphatic hydroxyl groups excluding tert-OH is 6. The number of unbranched alkanes of at least 4 members (excludes halogenated alkanes) is 26. The minimum absolute atomic E-state index is 0.255. The number of hydrogen-bond acceptors (Lipinski definition) is 9. The maximum Gasteiger partial charge on any atom is 0.220 e. The van der Waals surface area contributed by atoms with Gasteiger partial charge in [0.1, 0.15) is 30.5 Å². The second-order valence-electron chi connectivity index (χ2n) is 16.0. The third-order valence-corrected chi connectivity index (χ3v) is 11.1. The van der Waals surface area contributed by atoms with E-state index in [4.69, 9.17) is 9.47 Å². The van der Waals surface area contributed by atoms with Gasteiger partial charge in [-0.15, -0.1) is 0 Å². The van der Waals surface area contributed by atoms with Crippen LogP contribution in [0.4, 0.5) is 0 Å². The van der Waals surface area contributed by atoms with Gasteiger partial charge in [-0.3, -0.25) is 4.79 Å². The summed E-state index contributed by atoms with van der Waals surface area (Å²) in [6.07, 6.45) is 25.3. The van der Waals surface area contributed by atoms with Crippen LogP contribution in [0.3, 0.4) is 0 Å². The Labute approximate surface area is 324 Å². The Balaban J connectivity index is 2.40. The first-order valence-corrected chi connectivity index (χ1v) is 22.3. The number of carbonyl (C=O) groups is 1. The minimum Gasteiger partial charge on any atom is -0.394 e. The van der Waals surface area contributed by atoms with Gasteiger partial charge in [0.05, 0.1) is 25.4 Å². The molecule has 10 heteroatoms. The fraction of sp³-hybridized carbons (Fsp3) is 0.977.